The van der Waals surface area contributed by atoms with Gasteiger partial charge in [-0.1, -0.05) is 6.58 Å². The average molecular weight is 269 g/mol. The van der Waals surface area contributed by atoms with Gasteiger partial charge in [0.25, 0.3) is 5.91 Å². The summed E-state index contributed by atoms with van der Waals surface area (Å²) >= 11 is 0. The summed E-state index contributed by atoms with van der Waals surface area (Å²) in [4.78, 5) is 18.9. The molecule has 0 saturated carbocycles. The van der Waals surface area contributed by atoms with Crippen molar-refractivity contribution >= 4 is 17.3 Å². The summed E-state index contributed by atoms with van der Waals surface area (Å²) in [6, 6.07) is 11.7. The maximum absolute atomic E-state index is 12.0. The zero-order chi connectivity index (χ0) is 14.5. The zero-order valence-corrected chi connectivity index (χ0v) is 11.8. The van der Waals surface area contributed by atoms with E-state index in [0.29, 0.717) is 6.54 Å². The summed E-state index contributed by atoms with van der Waals surface area (Å²) in [6.45, 7) is 4.07. The van der Waals surface area contributed by atoms with E-state index in [9.17, 15) is 4.79 Å². The quantitative estimate of drug-likeness (QED) is 0.848. The minimum absolute atomic E-state index is 0.114. The molecule has 0 atom stereocenters. The molecule has 4 heteroatoms. The number of aromatic nitrogens is 1. The van der Waals surface area contributed by atoms with E-state index >= 15 is 0 Å². The summed E-state index contributed by atoms with van der Waals surface area (Å²) < 4.78 is 0. The molecule has 0 radical (unpaired) electrons. The van der Waals surface area contributed by atoms with Gasteiger partial charge in [-0.05, 0) is 42.5 Å². The number of H-pyrrole nitrogens is 1. The Morgan fingerprint density at radius 2 is 1.85 bits per heavy atom. The Morgan fingerprint density at radius 3 is 2.35 bits per heavy atom. The van der Waals surface area contributed by atoms with Crippen LogP contribution >= 0.6 is 0 Å². The summed E-state index contributed by atoms with van der Waals surface area (Å²) in [5.41, 5.74) is 2.94. The van der Waals surface area contributed by atoms with Gasteiger partial charge in [0.15, 0.2) is 0 Å². The third-order valence-corrected chi connectivity index (χ3v) is 3.11. The van der Waals surface area contributed by atoms with Gasteiger partial charge >= 0.3 is 0 Å². The predicted octanol–water partition coefficient (Wildman–Crippen LogP) is 2.80. The molecule has 0 spiro atoms. The molecule has 1 aromatic heterocycles. The first-order valence-electron chi connectivity index (χ1n) is 6.45. The first-order valence-corrected chi connectivity index (χ1v) is 6.45. The fourth-order valence-electron chi connectivity index (χ4n) is 1.97. The van der Waals surface area contributed by atoms with Crippen LogP contribution in [-0.4, -0.2) is 25.0 Å². The molecule has 0 bridgehead atoms. The molecule has 1 N–H and O–H groups in total. The molecular formula is C16H19N3O. The smallest absolute Gasteiger partial charge is 0.250 e. The van der Waals surface area contributed by atoms with Gasteiger partial charge in [-0.2, -0.15) is 0 Å². The van der Waals surface area contributed by atoms with E-state index in [-0.39, 0.29) is 5.91 Å². The van der Waals surface area contributed by atoms with Crippen LogP contribution in [0.5, 0.6) is 0 Å². The molecule has 0 saturated heterocycles. The fraction of sp³-hybridized carbons (Fsp3) is 0.188. The second-order valence-electron chi connectivity index (χ2n) is 4.73. The van der Waals surface area contributed by atoms with Crippen LogP contribution in [0.3, 0.4) is 0 Å². The number of amides is 1. The van der Waals surface area contributed by atoms with Crippen molar-refractivity contribution in [1.82, 2.24) is 4.98 Å². The summed E-state index contributed by atoms with van der Waals surface area (Å²) in [6.07, 6.45) is 3.18. The van der Waals surface area contributed by atoms with E-state index in [1.54, 1.807) is 4.90 Å². The van der Waals surface area contributed by atoms with Crippen LogP contribution in [0.25, 0.3) is 0 Å². The normalized spacial score (nSPS) is 10.1. The molecule has 104 valence electrons. The zero-order valence-electron chi connectivity index (χ0n) is 11.8. The molecule has 0 aliphatic heterocycles. The second kappa shape index (κ2) is 6.10. The molecular weight excluding hydrogens is 250 g/mol. The lowest BCUT2D eigenvalue weighted by atomic mass is 10.2. The van der Waals surface area contributed by atoms with Crippen molar-refractivity contribution in [2.45, 2.75) is 6.54 Å². The number of hydrogen-bond acceptors (Lipinski definition) is 2. The molecule has 0 aliphatic rings. The third-order valence-electron chi connectivity index (χ3n) is 3.11. The molecule has 2 rings (SSSR count). The van der Waals surface area contributed by atoms with Crippen molar-refractivity contribution in [2.75, 3.05) is 23.9 Å². The molecule has 4 nitrogen and oxygen atoms in total. The van der Waals surface area contributed by atoms with Crippen molar-refractivity contribution < 1.29 is 4.79 Å². The highest BCUT2D eigenvalue weighted by Gasteiger charge is 2.14. The summed E-state index contributed by atoms with van der Waals surface area (Å²) in [5.74, 6) is -0.114. The number of hydrogen-bond donors (Lipinski definition) is 1. The molecule has 2 aromatic rings. The van der Waals surface area contributed by atoms with E-state index in [4.69, 9.17) is 0 Å². The van der Waals surface area contributed by atoms with Crippen LogP contribution in [0, 0.1) is 0 Å². The van der Waals surface area contributed by atoms with Gasteiger partial charge in [0.1, 0.15) is 0 Å². The van der Waals surface area contributed by atoms with Gasteiger partial charge in [-0.3, -0.25) is 4.79 Å². The first-order chi connectivity index (χ1) is 9.61. The number of aromatic amines is 1. The van der Waals surface area contributed by atoms with E-state index < -0.39 is 0 Å². The van der Waals surface area contributed by atoms with E-state index in [0.717, 1.165) is 17.1 Å². The van der Waals surface area contributed by atoms with Gasteiger partial charge in [0.2, 0.25) is 0 Å². The fourth-order valence-corrected chi connectivity index (χ4v) is 1.97. The lowest BCUT2D eigenvalue weighted by molar-refractivity contribution is -0.114. The molecule has 1 amide bonds. The van der Waals surface area contributed by atoms with Crippen molar-refractivity contribution in [2.24, 2.45) is 0 Å². The number of nitrogens with zero attached hydrogens (tertiary/aromatic N) is 2. The minimum Gasteiger partial charge on any atom is -0.378 e. The second-order valence-corrected chi connectivity index (χ2v) is 4.73. The highest BCUT2D eigenvalue weighted by atomic mass is 16.2. The Balaban J connectivity index is 2.26. The van der Waals surface area contributed by atoms with Gasteiger partial charge in [0.05, 0.1) is 6.54 Å². The number of anilines is 2. The Morgan fingerprint density at radius 1 is 1.20 bits per heavy atom. The van der Waals surface area contributed by atoms with Crippen LogP contribution in [0.1, 0.15) is 5.69 Å². The van der Waals surface area contributed by atoms with Crippen molar-refractivity contribution in [3.8, 4) is 0 Å². The number of rotatable bonds is 5. The van der Waals surface area contributed by atoms with Crippen LogP contribution in [0.4, 0.5) is 11.4 Å². The van der Waals surface area contributed by atoms with Gasteiger partial charge < -0.3 is 14.8 Å². The van der Waals surface area contributed by atoms with Crippen molar-refractivity contribution in [1.29, 1.82) is 0 Å². The third kappa shape index (κ3) is 3.09. The number of nitrogens with one attached hydrogen (secondary N) is 1. The maximum atomic E-state index is 12.0. The summed E-state index contributed by atoms with van der Waals surface area (Å²) in [5, 5.41) is 0. The lowest BCUT2D eigenvalue weighted by Crippen LogP contribution is -2.28. The van der Waals surface area contributed by atoms with E-state index in [1.807, 2.05) is 61.6 Å². The standard InChI is InChI=1S/C16H19N3O/c1-4-16(20)19(12-13-6-5-11-17-13)15-9-7-14(8-10-15)18(2)3/h4-11,17H,1,12H2,2-3H3. The number of carbonyl (C=O) groups excluding carboxylic acids is 1. The Bertz CT molecular complexity index is 570. The van der Waals surface area contributed by atoms with E-state index in [2.05, 4.69) is 11.6 Å². The molecule has 1 heterocycles. The lowest BCUT2D eigenvalue weighted by Gasteiger charge is -2.22. The van der Waals surface area contributed by atoms with Gasteiger partial charge in [-0.15, -0.1) is 0 Å². The predicted molar refractivity (Wildman–Crippen MR) is 82.9 cm³/mol. The van der Waals surface area contributed by atoms with Crippen LogP contribution < -0.4 is 9.80 Å². The maximum Gasteiger partial charge on any atom is 0.250 e. The number of benzene rings is 1. The minimum atomic E-state index is -0.114. The van der Waals surface area contributed by atoms with Gasteiger partial charge in [0, 0.05) is 37.4 Å². The Kier molecular flexibility index (Phi) is 4.25. The van der Waals surface area contributed by atoms with Crippen LogP contribution in [-0.2, 0) is 11.3 Å². The molecule has 0 unspecified atom stereocenters. The SMILES string of the molecule is C=CC(=O)N(Cc1ccc[nH]1)c1ccc(N(C)C)cc1. The highest BCUT2D eigenvalue weighted by molar-refractivity contribution is 6.01. The van der Waals surface area contributed by atoms with E-state index in [1.165, 1.54) is 6.08 Å². The monoisotopic (exact) mass is 269 g/mol. The largest absolute Gasteiger partial charge is 0.378 e. The van der Waals surface area contributed by atoms with Crippen molar-refractivity contribution in [3.05, 3.63) is 60.9 Å². The van der Waals surface area contributed by atoms with Crippen LogP contribution in [0.2, 0.25) is 0 Å². The van der Waals surface area contributed by atoms with Gasteiger partial charge in [-0.25, -0.2) is 0 Å². The Hall–Kier alpha value is -2.49. The van der Waals surface area contributed by atoms with Crippen molar-refractivity contribution in [3.63, 3.8) is 0 Å². The van der Waals surface area contributed by atoms with Crippen LogP contribution in [0.15, 0.2) is 55.3 Å². The number of carbonyl (C=O) groups is 1. The molecule has 1 aromatic carbocycles. The average Bonchev–Trinajstić information content (AvgIpc) is 2.97. The molecule has 0 aliphatic carbocycles. The highest BCUT2D eigenvalue weighted by Crippen LogP contribution is 2.21. The molecule has 20 heavy (non-hydrogen) atoms. The topological polar surface area (TPSA) is 39.3 Å². The summed E-state index contributed by atoms with van der Waals surface area (Å²) in [7, 11) is 3.97. The first kappa shape index (κ1) is 13.9. The Labute approximate surface area is 119 Å². The molecule has 0 fully saturated rings.